The fourth-order valence-corrected chi connectivity index (χ4v) is 4.44. The highest BCUT2D eigenvalue weighted by Crippen LogP contribution is 2.28. The molecule has 3 saturated heterocycles. The molecule has 0 spiro atoms. The molecule has 1 atom stereocenters. The van der Waals surface area contributed by atoms with Gasteiger partial charge in [0.05, 0.1) is 18.9 Å². The van der Waals surface area contributed by atoms with E-state index in [0.717, 1.165) is 83.5 Å². The largest absolute Gasteiger partial charge is 0.378 e. The zero-order chi connectivity index (χ0) is 18.6. The van der Waals surface area contributed by atoms with Gasteiger partial charge in [0.2, 0.25) is 5.91 Å². The van der Waals surface area contributed by atoms with Crippen LogP contribution in [0.5, 0.6) is 0 Å². The van der Waals surface area contributed by atoms with Crippen LogP contribution in [0.25, 0.3) is 0 Å². The molecule has 27 heavy (non-hydrogen) atoms. The van der Waals surface area contributed by atoms with Crippen molar-refractivity contribution < 1.29 is 9.53 Å². The molecule has 4 rings (SSSR count). The van der Waals surface area contributed by atoms with Gasteiger partial charge < -0.3 is 19.4 Å². The number of anilines is 1. The van der Waals surface area contributed by atoms with Crippen LogP contribution < -0.4 is 4.90 Å². The molecule has 0 aromatic carbocycles. The average molecular weight is 374 g/mol. The Bertz CT molecular complexity index is 662. The molecule has 0 unspecified atom stereocenters. The number of aryl methyl sites for hydroxylation is 1. The number of amides is 1. The minimum atomic E-state index is 0.324. The van der Waals surface area contributed by atoms with Gasteiger partial charge in [0.15, 0.2) is 0 Å². The fourth-order valence-electron chi connectivity index (χ4n) is 4.44. The van der Waals surface area contributed by atoms with Gasteiger partial charge in [0.1, 0.15) is 11.6 Å². The third-order valence-electron chi connectivity index (χ3n) is 5.96. The Morgan fingerprint density at radius 3 is 2.74 bits per heavy atom. The first-order valence-corrected chi connectivity index (χ1v) is 10.4. The van der Waals surface area contributed by atoms with Gasteiger partial charge in [-0.1, -0.05) is 0 Å². The maximum absolute atomic E-state index is 11.8. The van der Waals surface area contributed by atoms with Crippen LogP contribution in [-0.2, 0) is 9.53 Å². The summed E-state index contributed by atoms with van der Waals surface area (Å²) in [6.45, 7) is 10.3. The van der Waals surface area contributed by atoms with E-state index in [1.54, 1.807) is 0 Å². The van der Waals surface area contributed by atoms with E-state index in [4.69, 9.17) is 9.72 Å². The van der Waals surface area contributed by atoms with Crippen LogP contribution in [0.1, 0.15) is 43.1 Å². The van der Waals surface area contributed by atoms with Crippen molar-refractivity contribution in [3.8, 4) is 0 Å². The summed E-state index contributed by atoms with van der Waals surface area (Å²) in [5.41, 5.74) is 1.17. The van der Waals surface area contributed by atoms with Gasteiger partial charge in [-0.05, 0) is 32.7 Å². The smallest absolute Gasteiger partial charge is 0.222 e. The third kappa shape index (κ3) is 4.58. The maximum atomic E-state index is 11.8. The van der Waals surface area contributed by atoms with E-state index in [-0.39, 0.29) is 0 Å². The number of hydrogen-bond donors (Lipinski definition) is 0. The second-order valence-electron chi connectivity index (χ2n) is 7.92. The highest BCUT2D eigenvalue weighted by Gasteiger charge is 2.26. The van der Waals surface area contributed by atoms with E-state index < -0.39 is 0 Å². The maximum Gasteiger partial charge on any atom is 0.222 e. The van der Waals surface area contributed by atoms with Crippen LogP contribution in [-0.4, -0.2) is 84.7 Å². The van der Waals surface area contributed by atoms with Crippen molar-refractivity contribution >= 4 is 11.7 Å². The summed E-state index contributed by atoms with van der Waals surface area (Å²) in [4.78, 5) is 28.1. The van der Waals surface area contributed by atoms with Crippen molar-refractivity contribution in [1.82, 2.24) is 19.8 Å². The van der Waals surface area contributed by atoms with Crippen LogP contribution in [0.2, 0.25) is 0 Å². The Morgan fingerprint density at radius 2 is 1.96 bits per heavy atom. The Morgan fingerprint density at radius 1 is 1.11 bits per heavy atom. The van der Waals surface area contributed by atoms with Gasteiger partial charge in [-0.3, -0.25) is 4.79 Å². The number of carbonyl (C=O) groups excluding carboxylic acids is 1. The Kier molecular flexibility index (Phi) is 5.88. The van der Waals surface area contributed by atoms with Gasteiger partial charge in [0, 0.05) is 57.7 Å². The standard InChI is InChI=1S/C20H31N5O2/c1-16-21-18(14-19(22-16)24-10-12-27-13-11-24)17-4-2-6-23(15-17)8-9-25-7-3-5-20(25)26/h14,17H,2-13,15H2,1H3/t17-/m0/s1. The van der Waals surface area contributed by atoms with E-state index in [9.17, 15) is 4.79 Å². The molecule has 0 saturated carbocycles. The molecule has 0 radical (unpaired) electrons. The molecule has 1 aromatic heterocycles. The van der Waals surface area contributed by atoms with Crippen LogP contribution in [0, 0.1) is 6.92 Å². The lowest BCUT2D eigenvalue weighted by Crippen LogP contribution is -2.41. The molecule has 0 bridgehead atoms. The second kappa shape index (κ2) is 8.52. The summed E-state index contributed by atoms with van der Waals surface area (Å²) in [7, 11) is 0. The zero-order valence-corrected chi connectivity index (χ0v) is 16.4. The Hall–Kier alpha value is -1.73. The quantitative estimate of drug-likeness (QED) is 0.778. The lowest BCUT2D eigenvalue weighted by molar-refractivity contribution is -0.127. The topological polar surface area (TPSA) is 61.8 Å². The number of morpholine rings is 1. The van der Waals surface area contributed by atoms with Gasteiger partial charge >= 0.3 is 0 Å². The van der Waals surface area contributed by atoms with E-state index in [2.05, 4.69) is 20.9 Å². The predicted molar refractivity (Wildman–Crippen MR) is 104 cm³/mol. The summed E-state index contributed by atoms with van der Waals surface area (Å²) < 4.78 is 5.47. The van der Waals surface area contributed by atoms with Crippen LogP contribution in [0.4, 0.5) is 5.82 Å². The van der Waals surface area contributed by atoms with E-state index >= 15 is 0 Å². The molecule has 7 nitrogen and oxygen atoms in total. The summed E-state index contributed by atoms with van der Waals surface area (Å²) in [5.74, 6) is 2.68. The van der Waals surface area contributed by atoms with Crippen molar-refractivity contribution in [2.45, 2.75) is 38.5 Å². The third-order valence-corrected chi connectivity index (χ3v) is 5.96. The van der Waals surface area contributed by atoms with Crippen molar-refractivity contribution in [1.29, 1.82) is 0 Å². The molecule has 0 N–H and O–H groups in total. The number of hydrogen-bond acceptors (Lipinski definition) is 6. The number of ether oxygens (including phenoxy) is 1. The van der Waals surface area contributed by atoms with E-state index in [1.165, 1.54) is 18.5 Å². The molecule has 3 aliphatic rings. The first-order chi connectivity index (χ1) is 13.2. The highest BCUT2D eigenvalue weighted by atomic mass is 16.5. The number of carbonyl (C=O) groups is 1. The normalized spacial score (nSPS) is 24.6. The minimum Gasteiger partial charge on any atom is -0.378 e. The average Bonchev–Trinajstić information content (AvgIpc) is 3.12. The molecule has 1 amide bonds. The van der Waals surface area contributed by atoms with Crippen molar-refractivity contribution in [2.24, 2.45) is 0 Å². The lowest BCUT2D eigenvalue weighted by atomic mass is 9.94. The molecule has 148 valence electrons. The van der Waals surface area contributed by atoms with Crippen molar-refractivity contribution in [3.63, 3.8) is 0 Å². The van der Waals surface area contributed by atoms with Gasteiger partial charge in [-0.25, -0.2) is 9.97 Å². The molecule has 7 heteroatoms. The monoisotopic (exact) mass is 373 g/mol. The SMILES string of the molecule is Cc1nc([C@H]2CCCN(CCN3CCCC3=O)C2)cc(N2CCOCC2)n1. The second-order valence-corrected chi connectivity index (χ2v) is 7.92. The van der Waals surface area contributed by atoms with Crippen molar-refractivity contribution in [2.75, 3.05) is 63.9 Å². The van der Waals surface area contributed by atoms with Crippen LogP contribution in [0.15, 0.2) is 6.07 Å². The van der Waals surface area contributed by atoms with Gasteiger partial charge in [0.25, 0.3) is 0 Å². The van der Waals surface area contributed by atoms with Gasteiger partial charge in [-0.2, -0.15) is 0 Å². The zero-order valence-electron chi connectivity index (χ0n) is 16.4. The molecular formula is C20H31N5O2. The number of nitrogens with zero attached hydrogens (tertiary/aromatic N) is 5. The predicted octanol–water partition coefficient (Wildman–Crippen LogP) is 1.42. The fraction of sp³-hybridized carbons (Fsp3) is 0.750. The Labute approximate surface area is 161 Å². The van der Waals surface area contributed by atoms with Gasteiger partial charge in [-0.15, -0.1) is 0 Å². The summed E-state index contributed by atoms with van der Waals surface area (Å²) >= 11 is 0. The molecule has 0 aliphatic carbocycles. The first kappa shape index (κ1) is 18.6. The number of rotatable bonds is 5. The highest BCUT2D eigenvalue weighted by molar-refractivity contribution is 5.78. The number of aromatic nitrogens is 2. The summed E-state index contributed by atoms with van der Waals surface area (Å²) in [5, 5.41) is 0. The number of piperidine rings is 1. The molecule has 3 aliphatic heterocycles. The minimum absolute atomic E-state index is 0.324. The first-order valence-electron chi connectivity index (χ1n) is 10.4. The van der Waals surface area contributed by atoms with Crippen molar-refractivity contribution in [3.05, 3.63) is 17.6 Å². The lowest BCUT2D eigenvalue weighted by Gasteiger charge is -2.34. The molecule has 3 fully saturated rings. The van der Waals surface area contributed by atoms with E-state index in [0.29, 0.717) is 11.8 Å². The summed E-state index contributed by atoms with van der Waals surface area (Å²) in [6, 6.07) is 2.19. The Balaban J connectivity index is 1.40. The molecular weight excluding hydrogens is 342 g/mol. The number of likely N-dealkylation sites (tertiary alicyclic amines) is 2. The van der Waals surface area contributed by atoms with Crippen LogP contribution >= 0.6 is 0 Å². The van der Waals surface area contributed by atoms with E-state index in [1.807, 2.05) is 11.8 Å². The molecule has 4 heterocycles. The summed E-state index contributed by atoms with van der Waals surface area (Å²) in [6.07, 6.45) is 4.12. The van der Waals surface area contributed by atoms with Crippen LogP contribution in [0.3, 0.4) is 0 Å². The molecule has 1 aromatic rings.